The summed E-state index contributed by atoms with van der Waals surface area (Å²) in [7, 11) is 0. The molecule has 0 saturated carbocycles. The van der Waals surface area contributed by atoms with Crippen LogP contribution < -0.4 is 0 Å². The van der Waals surface area contributed by atoms with Crippen molar-refractivity contribution in [3.8, 4) is 5.75 Å². The Bertz CT molecular complexity index is 705. The third-order valence-corrected chi connectivity index (χ3v) is 5.64. The van der Waals surface area contributed by atoms with Crippen LogP contribution in [0.5, 0.6) is 5.75 Å². The number of hydrogen-bond donors (Lipinski definition) is 1. The molecular weight excluding hydrogens is 350 g/mol. The number of hydrogen-bond acceptors (Lipinski definition) is 2. The van der Waals surface area contributed by atoms with E-state index in [1.54, 1.807) is 6.07 Å². The minimum absolute atomic E-state index is 0.171. The first-order valence-electron chi connectivity index (χ1n) is 10.7. The normalized spacial score (nSPS) is 11.0. The van der Waals surface area contributed by atoms with Gasteiger partial charge in [0.05, 0.1) is 0 Å². The van der Waals surface area contributed by atoms with Crippen LogP contribution in [-0.4, -0.2) is 9.67 Å². The Balaban J connectivity index is 1.62. The Morgan fingerprint density at radius 1 is 0.778 bits per heavy atom. The molecule has 0 aliphatic rings. The third-order valence-electron chi connectivity index (χ3n) is 5.19. The van der Waals surface area contributed by atoms with E-state index in [-0.39, 0.29) is 5.75 Å². The Kier molecular flexibility index (Phi) is 10.2. The molecule has 1 aromatic carbocycles. The van der Waals surface area contributed by atoms with Crippen molar-refractivity contribution in [2.24, 2.45) is 0 Å². The smallest absolute Gasteiger partial charge is 0.150 e. The molecular formula is C24H35NOS. The van der Waals surface area contributed by atoms with Gasteiger partial charge >= 0.3 is 0 Å². The minimum Gasteiger partial charge on any atom is -0.505 e. The third kappa shape index (κ3) is 8.30. The molecule has 2 nitrogen and oxygen atoms in total. The summed E-state index contributed by atoms with van der Waals surface area (Å²) in [6.07, 6.45) is 16.9. The lowest BCUT2D eigenvalue weighted by molar-refractivity contribution is 0.464. The van der Waals surface area contributed by atoms with Gasteiger partial charge in [0.1, 0.15) is 10.4 Å². The minimum atomic E-state index is 0.171. The summed E-state index contributed by atoms with van der Waals surface area (Å²) >= 11 is 5.26. The van der Waals surface area contributed by atoms with Crippen LogP contribution in [0.4, 0.5) is 0 Å². The van der Waals surface area contributed by atoms with Crippen molar-refractivity contribution >= 4 is 12.2 Å². The van der Waals surface area contributed by atoms with Crippen LogP contribution in [0.2, 0.25) is 0 Å². The highest BCUT2D eigenvalue weighted by molar-refractivity contribution is 7.71. The molecule has 0 amide bonds. The van der Waals surface area contributed by atoms with Crippen molar-refractivity contribution in [2.75, 3.05) is 0 Å². The van der Waals surface area contributed by atoms with Gasteiger partial charge in [0.15, 0.2) is 0 Å². The second-order valence-electron chi connectivity index (χ2n) is 7.57. The molecule has 2 rings (SSSR count). The van der Waals surface area contributed by atoms with Gasteiger partial charge in [-0.1, -0.05) is 101 Å². The molecule has 2 aromatic rings. The van der Waals surface area contributed by atoms with E-state index >= 15 is 0 Å². The highest BCUT2D eigenvalue weighted by Gasteiger charge is 2.00. The van der Waals surface area contributed by atoms with Gasteiger partial charge in [-0.2, -0.15) is 0 Å². The van der Waals surface area contributed by atoms with Gasteiger partial charge in [-0.3, -0.25) is 0 Å². The van der Waals surface area contributed by atoms with Crippen molar-refractivity contribution in [3.63, 3.8) is 0 Å². The standard InChI is InChI=1S/C24H35NOS/c1-2-3-4-5-6-7-8-9-10-11-13-21-15-17-22(18-16-21)20-25-19-12-14-23(26)24(25)27/h12,14-19,26H,2-11,13,20H2,1H3. The molecule has 0 radical (unpaired) electrons. The summed E-state index contributed by atoms with van der Waals surface area (Å²) in [5.41, 5.74) is 2.63. The average Bonchev–Trinajstić information content (AvgIpc) is 2.68. The molecule has 0 saturated heterocycles. The zero-order valence-corrected chi connectivity index (χ0v) is 17.6. The lowest BCUT2D eigenvalue weighted by Crippen LogP contribution is -2.01. The maximum absolute atomic E-state index is 9.72. The van der Waals surface area contributed by atoms with Crippen molar-refractivity contribution in [1.82, 2.24) is 4.57 Å². The highest BCUT2D eigenvalue weighted by atomic mass is 32.1. The molecule has 0 bridgehead atoms. The number of nitrogens with zero attached hydrogens (tertiary/aromatic N) is 1. The van der Waals surface area contributed by atoms with E-state index in [0.717, 1.165) is 0 Å². The molecule has 27 heavy (non-hydrogen) atoms. The maximum atomic E-state index is 9.72. The Hall–Kier alpha value is -1.61. The summed E-state index contributed by atoms with van der Waals surface area (Å²) in [6.45, 7) is 2.98. The van der Waals surface area contributed by atoms with Crippen molar-refractivity contribution in [1.29, 1.82) is 0 Å². The van der Waals surface area contributed by atoms with Gasteiger partial charge in [-0.25, -0.2) is 0 Å². The van der Waals surface area contributed by atoms with Gasteiger partial charge in [-0.15, -0.1) is 0 Å². The first-order chi connectivity index (χ1) is 13.2. The van der Waals surface area contributed by atoms with Crippen molar-refractivity contribution < 1.29 is 5.11 Å². The van der Waals surface area contributed by atoms with Gasteiger partial charge in [0.2, 0.25) is 0 Å². The molecule has 0 aliphatic carbocycles. The number of unbranched alkanes of at least 4 members (excludes halogenated alkanes) is 9. The molecule has 1 N–H and O–H groups in total. The summed E-state index contributed by atoms with van der Waals surface area (Å²) in [6, 6.07) is 12.3. The molecule has 1 aromatic heterocycles. The molecule has 0 spiro atoms. The highest BCUT2D eigenvalue weighted by Crippen LogP contribution is 2.15. The number of aryl methyl sites for hydroxylation is 1. The average molecular weight is 386 g/mol. The number of benzene rings is 1. The summed E-state index contributed by atoms with van der Waals surface area (Å²) < 4.78 is 2.40. The van der Waals surface area contributed by atoms with Crippen LogP contribution in [0.3, 0.4) is 0 Å². The van der Waals surface area contributed by atoms with E-state index in [1.807, 2.05) is 16.8 Å². The molecule has 3 heteroatoms. The Morgan fingerprint density at radius 2 is 1.33 bits per heavy atom. The lowest BCUT2D eigenvalue weighted by Gasteiger charge is -2.09. The molecule has 0 aliphatic heterocycles. The van der Waals surface area contributed by atoms with Crippen molar-refractivity contribution in [3.05, 3.63) is 58.4 Å². The van der Waals surface area contributed by atoms with E-state index in [4.69, 9.17) is 12.2 Å². The first kappa shape index (κ1) is 21.7. The quantitative estimate of drug-likeness (QED) is 0.286. The largest absolute Gasteiger partial charge is 0.505 e. The monoisotopic (exact) mass is 385 g/mol. The number of rotatable bonds is 13. The van der Waals surface area contributed by atoms with Crippen LogP contribution in [0.15, 0.2) is 42.6 Å². The first-order valence-corrected chi connectivity index (χ1v) is 11.1. The van der Waals surface area contributed by atoms with Crippen LogP contribution in [0.1, 0.15) is 82.3 Å². The fourth-order valence-electron chi connectivity index (χ4n) is 3.47. The fourth-order valence-corrected chi connectivity index (χ4v) is 3.67. The zero-order chi connectivity index (χ0) is 19.3. The van der Waals surface area contributed by atoms with Crippen LogP contribution in [-0.2, 0) is 13.0 Å². The van der Waals surface area contributed by atoms with Crippen LogP contribution >= 0.6 is 12.2 Å². The van der Waals surface area contributed by atoms with Crippen LogP contribution in [0, 0.1) is 4.64 Å². The topological polar surface area (TPSA) is 25.2 Å². The van der Waals surface area contributed by atoms with E-state index < -0.39 is 0 Å². The molecule has 0 atom stereocenters. The van der Waals surface area contributed by atoms with Gasteiger partial charge < -0.3 is 9.67 Å². The second kappa shape index (κ2) is 12.7. The lowest BCUT2D eigenvalue weighted by atomic mass is 10.0. The molecule has 148 valence electrons. The van der Waals surface area contributed by atoms with Crippen molar-refractivity contribution in [2.45, 2.75) is 84.1 Å². The molecule has 1 heterocycles. The number of aromatic nitrogens is 1. The van der Waals surface area contributed by atoms with Crippen LogP contribution in [0.25, 0.3) is 0 Å². The predicted molar refractivity (Wildman–Crippen MR) is 118 cm³/mol. The molecule has 0 fully saturated rings. The van der Waals surface area contributed by atoms with E-state index in [1.165, 1.54) is 81.8 Å². The predicted octanol–water partition coefficient (Wildman–Crippen LogP) is 7.43. The van der Waals surface area contributed by atoms with Gasteiger partial charge in [0, 0.05) is 12.7 Å². The molecule has 0 unspecified atom stereocenters. The summed E-state index contributed by atoms with van der Waals surface area (Å²) in [4.78, 5) is 0. The van der Waals surface area contributed by atoms with E-state index in [0.29, 0.717) is 11.2 Å². The maximum Gasteiger partial charge on any atom is 0.150 e. The Labute approximate surface area is 170 Å². The van der Waals surface area contributed by atoms with Gasteiger partial charge in [-0.05, 0) is 36.1 Å². The second-order valence-corrected chi connectivity index (χ2v) is 7.96. The SMILES string of the molecule is CCCCCCCCCCCCc1ccc(Cn2cccc(O)c2=S)cc1. The number of pyridine rings is 1. The zero-order valence-electron chi connectivity index (χ0n) is 16.8. The summed E-state index contributed by atoms with van der Waals surface area (Å²) in [5.74, 6) is 0.171. The van der Waals surface area contributed by atoms with E-state index in [9.17, 15) is 5.11 Å². The number of aromatic hydroxyl groups is 1. The summed E-state index contributed by atoms with van der Waals surface area (Å²) in [5, 5.41) is 9.72. The Morgan fingerprint density at radius 3 is 1.96 bits per heavy atom. The van der Waals surface area contributed by atoms with E-state index in [2.05, 4.69) is 31.2 Å². The fraction of sp³-hybridized carbons (Fsp3) is 0.542. The van der Waals surface area contributed by atoms with Gasteiger partial charge in [0.25, 0.3) is 0 Å².